The SMILES string of the molecule is COCCN1CCC(CNC(=O)c2ccc(C(C)(C)C)cc2)CC1. The quantitative estimate of drug-likeness (QED) is 0.870. The Morgan fingerprint density at radius 1 is 1.21 bits per heavy atom. The monoisotopic (exact) mass is 332 g/mol. The number of methoxy groups -OCH3 is 1. The third-order valence-electron chi connectivity index (χ3n) is 4.88. The van der Waals surface area contributed by atoms with Crippen LogP contribution in [-0.4, -0.2) is 50.7 Å². The van der Waals surface area contributed by atoms with Crippen LogP contribution in [-0.2, 0) is 10.2 Å². The fraction of sp³-hybridized carbons (Fsp3) is 0.650. The van der Waals surface area contributed by atoms with Crippen molar-refractivity contribution >= 4 is 5.91 Å². The zero-order valence-electron chi connectivity index (χ0n) is 15.6. The van der Waals surface area contributed by atoms with E-state index in [1.165, 1.54) is 5.56 Å². The lowest BCUT2D eigenvalue weighted by Gasteiger charge is -2.31. The second-order valence-corrected chi connectivity index (χ2v) is 7.82. The highest BCUT2D eigenvalue weighted by atomic mass is 16.5. The molecule has 0 radical (unpaired) electrons. The first-order valence-electron chi connectivity index (χ1n) is 9.00. The molecule has 0 aliphatic carbocycles. The first-order chi connectivity index (χ1) is 11.4. The number of rotatable bonds is 6. The Balaban J connectivity index is 1.76. The highest BCUT2D eigenvalue weighted by molar-refractivity contribution is 5.94. The van der Waals surface area contributed by atoms with Gasteiger partial charge in [0.2, 0.25) is 0 Å². The third kappa shape index (κ3) is 5.60. The molecule has 1 aliphatic heterocycles. The second kappa shape index (κ2) is 8.63. The van der Waals surface area contributed by atoms with Gasteiger partial charge in [-0.05, 0) is 55.0 Å². The molecule has 1 saturated heterocycles. The minimum absolute atomic E-state index is 0.0391. The number of nitrogens with zero attached hydrogens (tertiary/aromatic N) is 1. The van der Waals surface area contributed by atoms with E-state index in [1.54, 1.807) is 7.11 Å². The van der Waals surface area contributed by atoms with Crippen LogP contribution in [0.15, 0.2) is 24.3 Å². The van der Waals surface area contributed by atoms with Gasteiger partial charge >= 0.3 is 0 Å². The highest BCUT2D eigenvalue weighted by Gasteiger charge is 2.20. The Morgan fingerprint density at radius 3 is 2.38 bits per heavy atom. The maximum atomic E-state index is 12.3. The zero-order valence-corrected chi connectivity index (χ0v) is 15.6. The van der Waals surface area contributed by atoms with E-state index in [0.29, 0.717) is 5.92 Å². The Labute approximate surface area is 146 Å². The van der Waals surface area contributed by atoms with Gasteiger partial charge in [-0.2, -0.15) is 0 Å². The van der Waals surface area contributed by atoms with E-state index in [-0.39, 0.29) is 11.3 Å². The Kier molecular flexibility index (Phi) is 6.81. The van der Waals surface area contributed by atoms with Crippen LogP contribution in [0.4, 0.5) is 0 Å². The molecule has 0 saturated carbocycles. The normalized spacial score (nSPS) is 17.0. The van der Waals surface area contributed by atoms with Crippen LogP contribution >= 0.6 is 0 Å². The van der Waals surface area contributed by atoms with Gasteiger partial charge in [0, 0.05) is 25.8 Å². The molecular weight excluding hydrogens is 300 g/mol. The average molecular weight is 332 g/mol. The molecule has 1 aliphatic rings. The van der Waals surface area contributed by atoms with Gasteiger partial charge in [-0.3, -0.25) is 4.79 Å². The van der Waals surface area contributed by atoms with Crippen LogP contribution in [0.5, 0.6) is 0 Å². The second-order valence-electron chi connectivity index (χ2n) is 7.82. The molecule has 134 valence electrons. The molecule has 1 amide bonds. The number of ether oxygens (including phenoxy) is 1. The molecule has 2 rings (SSSR count). The Hall–Kier alpha value is -1.39. The third-order valence-corrected chi connectivity index (χ3v) is 4.88. The van der Waals surface area contributed by atoms with Crippen molar-refractivity contribution in [2.75, 3.05) is 39.9 Å². The van der Waals surface area contributed by atoms with Gasteiger partial charge in [-0.15, -0.1) is 0 Å². The molecule has 0 aromatic heterocycles. The van der Waals surface area contributed by atoms with Gasteiger partial charge in [0.15, 0.2) is 0 Å². The van der Waals surface area contributed by atoms with Crippen LogP contribution in [0.25, 0.3) is 0 Å². The molecule has 24 heavy (non-hydrogen) atoms. The lowest BCUT2D eigenvalue weighted by molar-refractivity contribution is 0.0926. The number of hydrogen-bond acceptors (Lipinski definition) is 3. The van der Waals surface area contributed by atoms with Gasteiger partial charge in [-0.25, -0.2) is 0 Å². The molecule has 1 aromatic rings. The summed E-state index contributed by atoms with van der Waals surface area (Å²) >= 11 is 0. The van der Waals surface area contributed by atoms with Crippen molar-refractivity contribution in [2.45, 2.75) is 39.0 Å². The minimum Gasteiger partial charge on any atom is -0.383 e. The van der Waals surface area contributed by atoms with Crippen LogP contribution in [0, 0.1) is 5.92 Å². The van der Waals surface area contributed by atoms with E-state index in [4.69, 9.17) is 4.74 Å². The number of likely N-dealkylation sites (tertiary alicyclic amines) is 1. The summed E-state index contributed by atoms with van der Waals surface area (Å²) in [5.41, 5.74) is 2.12. The van der Waals surface area contributed by atoms with Crippen molar-refractivity contribution < 1.29 is 9.53 Å². The summed E-state index contributed by atoms with van der Waals surface area (Å²) in [6.45, 7) is 11.3. The summed E-state index contributed by atoms with van der Waals surface area (Å²) in [6, 6.07) is 7.99. The predicted octanol–water partition coefficient (Wildman–Crippen LogP) is 3.07. The fourth-order valence-electron chi connectivity index (χ4n) is 3.10. The van der Waals surface area contributed by atoms with E-state index in [2.05, 4.69) is 43.1 Å². The summed E-state index contributed by atoms with van der Waals surface area (Å²) in [7, 11) is 1.75. The molecule has 1 aromatic carbocycles. The smallest absolute Gasteiger partial charge is 0.251 e. The van der Waals surface area contributed by atoms with E-state index in [1.807, 2.05) is 12.1 Å². The van der Waals surface area contributed by atoms with E-state index in [0.717, 1.165) is 51.2 Å². The molecule has 1 heterocycles. The molecular formula is C20H32N2O2. The largest absolute Gasteiger partial charge is 0.383 e. The standard InChI is InChI=1S/C20H32N2O2/c1-20(2,3)18-7-5-17(6-8-18)19(23)21-15-16-9-11-22(12-10-16)13-14-24-4/h5-8,16H,9-15H2,1-4H3,(H,21,23). The van der Waals surface area contributed by atoms with Crippen molar-refractivity contribution in [1.82, 2.24) is 10.2 Å². The Morgan fingerprint density at radius 2 is 1.83 bits per heavy atom. The first kappa shape index (κ1) is 18.9. The summed E-state index contributed by atoms with van der Waals surface area (Å²) in [6.07, 6.45) is 2.29. The van der Waals surface area contributed by atoms with Gasteiger partial charge in [-0.1, -0.05) is 32.9 Å². The van der Waals surface area contributed by atoms with Crippen LogP contribution in [0.2, 0.25) is 0 Å². The number of carbonyl (C=O) groups excluding carboxylic acids is 1. The maximum absolute atomic E-state index is 12.3. The van der Waals surface area contributed by atoms with Crippen LogP contribution in [0.3, 0.4) is 0 Å². The topological polar surface area (TPSA) is 41.6 Å². The number of nitrogens with one attached hydrogen (secondary N) is 1. The van der Waals surface area contributed by atoms with Gasteiger partial charge in [0.05, 0.1) is 6.61 Å². The van der Waals surface area contributed by atoms with E-state index >= 15 is 0 Å². The van der Waals surface area contributed by atoms with E-state index in [9.17, 15) is 4.79 Å². The summed E-state index contributed by atoms with van der Waals surface area (Å²) in [5, 5.41) is 3.10. The predicted molar refractivity (Wildman–Crippen MR) is 98.5 cm³/mol. The lowest BCUT2D eigenvalue weighted by atomic mass is 9.86. The van der Waals surface area contributed by atoms with Crippen molar-refractivity contribution in [1.29, 1.82) is 0 Å². The van der Waals surface area contributed by atoms with Gasteiger partial charge in [0.25, 0.3) is 5.91 Å². The molecule has 4 heteroatoms. The number of hydrogen-bond donors (Lipinski definition) is 1. The molecule has 0 bridgehead atoms. The maximum Gasteiger partial charge on any atom is 0.251 e. The van der Waals surface area contributed by atoms with Gasteiger partial charge in [0.1, 0.15) is 0 Å². The zero-order chi connectivity index (χ0) is 17.6. The summed E-state index contributed by atoms with van der Waals surface area (Å²) in [5.74, 6) is 0.624. The molecule has 0 atom stereocenters. The van der Waals surface area contributed by atoms with Crippen molar-refractivity contribution in [3.63, 3.8) is 0 Å². The van der Waals surface area contributed by atoms with Crippen molar-refractivity contribution in [2.24, 2.45) is 5.92 Å². The van der Waals surface area contributed by atoms with Gasteiger partial charge < -0.3 is 15.0 Å². The first-order valence-corrected chi connectivity index (χ1v) is 9.00. The highest BCUT2D eigenvalue weighted by Crippen LogP contribution is 2.22. The molecule has 1 N–H and O–H groups in total. The number of carbonyl (C=O) groups is 1. The molecule has 4 nitrogen and oxygen atoms in total. The van der Waals surface area contributed by atoms with Crippen molar-refractivity contribution in [3.8, 4) is 0 Å². The van der Waals surface area contributed by atoms with E-state index < -0.39 is 0 Å². The number of benzene rings is 1. The molecule has 1 fully saturated rings. The number of amides is 1. The van der Waals surface area contributed by atoms with Crippen molar-refractivity contribution in [3.05, 3.63) is 35.4 Å². The lowest BCUT2D eigenvalue weighted by Crippen LogP contribution is -2.39. The van der Waals surface area contributed by atoms with Crippen LogP contribution in [0.1, 0.15) is 49.5 Å². The Bertz CT molecular complexity index is 511. The summed E-state index contributed by atoms with van der Waals surface area (Å²) in [4.78, 5) is 14.8. The summed E-state index contributed by atoms with van der Waals surface area (Å²) < 4.78 is 5.13. The number of piperidine rings is 1. The molecule has 0 spiro atoms. The molecule has 0 unspecified atom stereocenters. The van der Waals surface area contributed by atoms with Crippen LogP contribution < -0.4 is 5.32 Å². The fourth-order valence-corrected chi connectivity index (χ4v) is 3.10. The average Bonchev–Trinajstić information content (AvgIpc) is 2.58. The minimum atomic E-state index is 0.0391.